The highest BCUT2D eigenvalue weighted by Crippen LogP contribution is 2.37. The van der Waals surface area contributed by atoms with Gasteiger partial charge in [-0.2, -0.15) is 22.0 Å². The van der Waals surface area contributed by atoms with Crippen LogP contribution in [0.2, 0.25) is 0 Å². The highest BCUT2D eigenvalue weighted by molar-refractivity contribution is 5.91. The van der Waals surface area contributed by atoms with Gasteiger partial charge >= 0.3 is 24.0 Å². The van der Waals surface area contributed by atoms with Gasteiger partial charge in [-0.05, 0) is 53.9 Å². The molecule has 3 aromatic carbocycles. The summed E-state index contributed by atoms with van der Waals surface area (Å²) in [4.78, 5) is 23.4. The van der Waals surface area contributed by atoms with Crippen molar-refractivity contribution < 1.29 is 54.2 Å². The van der Waals surface area contributed by atoms with Crippen molar-refractivity contribution in [2.24, 2.45) is 0 Å². The summed E-state index contributed by atoms with van der Waals surface area (Å²) in [6.45, 7) is 1.82. The minimum absolute atomic E-state index is 0.136. The fourth-order valence-corrected chi connectivity index (χ4v) is 3.19. The minimum Gasteiger partial charge on any atom is -0.423 e. The molecule has 3 rings (SSSR count). The number of esters is 2. The molecule has 0 amide bonds. The molecule has 0 aliphatic rings. The van der Waals surface area contributed by atoms with E-state index in [0.717, 1.165) is 24.3 Å². The fourth-order valence-electron chi connectivity index (χ4n) is 3.19. The molecule has 0 atom stereocenters. The minimum atomic E-state index is -6.19. The predicted octanol–water partition coefficient (Wildman–Crippen LogP) is 7.05. The molecule has 3 aromatic rings. The van der Waals surface area contributed by atoms with Gasteiger partial charge in [0.25, 0.3) is 0 Å². The van der Waals surface area contributed by atoms with E-state index < -0.39 is 52.8 Å². The van der Waals surface area contributed by atoms with Crippen LogP contribution in [0.5, 0.6) is 11.5 Å². The molecule has 0 saturated carbocycles. The summed E-state index contributed by atoms with van der Waals surface area (Å²) >= 11 is 0. The van der Waals surface area contributed by atoms with Gasteiger partial charge in [0, 0.05) is 11.6 Å². The third kappa shape index (κ3) is 6.07. The Morgan fingerprint density at radius 1 is 0.757 bits per heavy atom. The van der Waals surface area contributed by atoms with E-state index in [1.54, 1.807) is 0 Å². The third-order valence-electron chi connectivity index (χ3n) is 4.98. The first-order chi connectivity index (χ1) is 17.2. The molecule has 0 saturated heterocycles. The monoisotopic (exact) mass is 532 g/mol. The molecule has 0 spiro atoms. The van der Waals surface area contributed by atoms with Gasteiger partial charge in [-0.15, -0.1) is 0 Å². The Kier molecular flexibility index (Phi) is 7.89. The molecule has 0 fully saturated rings. The van der Waals surface area contributed by atoms with Crippen molar-refractivity contribution in [1.82, 2.24) is 0 Å². The van der Waals surface area contributed by atoms with Crippen molar-refractivity contribution in [3.05, 3.63) is 83.2 Å². The van der Waals surface area contributed by atoms with Gasteiger partial charge in [-0.1, -0.05) is 25.5 Å². The highest BCUT2D eigenvalue weighted by Gasteiger charge is 2.65. The summed E-state index contributed by atoms with van der Waals surface area (Å²) in [7, 11) is 0. The Morgan fingerprint density at radius 2 is 1.32 bits per heavy atom. The summed E-state index contributed by atoms with van der Waals surface area (Å²) in [5.41, 5.74) is -0.563. The zero-order chi connectivity index (χ0) is 27.5. The van der Waals surface area contributed by atoms with E-state index in [2.05, 4.69) is 4.74 Å². The topological polar surface area (TPSA) is 52.6 Å². The average molecular weight is 532 g/mol. The predicted molar refractivity (Wildman–Crippen MR) is 114 cm³/mol. The first-order valence-electron chi connectivity index (χ1n) is 10.5. The SMILES string of the molecule is CCCc1cc(F)c(C(=O)Oc2ccc(-c3ccc(OC(=O)C(F)(F)C(F)(F)F)cc3F)cc2)c(F)c1. The number of carbonyl (C=O) groups excluding carboxylic acids is 2. The van der Waals surface area contributed by atoms with Gasteiger partial charge in [-0.3, -0.25) is 0 Å². The molecule has 0 aliphatic carbocycles. The zero-order valence-corrected chi connectivity index (χ0v) is 18.8. The van der Waals surface area contributed by atoms with Crippen LogP contribution in [0.4, 0.5) is 35.1 Å². The van der Waals surface area contributed by atoms with Gasteiger partial charge in [0.15, 0.2) is 0 Å². The van der Waals surface area contributed by atoms with Gasteiger partial charge in [0.05, 0.1) is 0 Å². The molecule has 0 bridgehead atoms. The number of hydrogen-bond donors (Lipinski definition) is 0. The lowest BCUT2D eigenvalue weighted by Crippen LogP contribution is -2.46. The Labute approximate surface area is 204 Å². The van der Waals surface area contributed by atoms with Crippen LogP contribution < -0.4 is 9.47 Å². The van der Waals surface area contributed by atoms with Crippen LogP contribution in [-0.4, -0.2) is 24.0 Å². The van der Waals surface area contributed by atoms with E-state index in [0.29, 0.717) is 24.5 Å². The number of carbonyl (C=O) groups is 2. The van der Waals surface area contributed by atoms with Crippen LogP contribution in [0.15, 0.2) is 54.6 Å². The van der Waals surface area contributed by atoms with Crippen LogP contribution >= 0.6 is 0 Å². The maximum absolute atomic E-state index is 14.5. The molecular formula is C25H16F8O4. The van der Waals surface area contributed by atoms with Crippen LogP contribution in [0.3, 0.4) is 0 Å². The lowest BCUT2D eigenvalue weighted by atomic mass is 10.0. The lowest BCUT2D eigenvalue weighted by molar-refractivity contribution is -0.276. The second-order valence-electron chi connectivity index (χ2n) is 7.70. The molecule has 4 nitrogen and oxygen atoms in total. The lowest BCUT2D eigenvalue weighted by Gasteiger charge is -2.17. The van der Waals surface area contributed by atoms with Crippen molar-refractivity contribution in [1.29, 1.82) is 0 Å². The number of halogens is 8. The highest BCUT2D eigenvalue weighted by atomic mass is 19.4. The van der Waals surface area contributed by atoms with Gasteiger partial charge < -0.3 is 9.47 Å². The maximum atomic E-state index is 14.5. The molecule has 12 heteroatoms. The molecule has 0 aliphatic heterocycles. The zero-order valence-electron chi connectivity index (χ0n) is 18.8. The Hall–Kier alpha value is -3.96. The first kappa shape index (κ1) is 27.6. The standard InChI is InChI=1S/C25H16F8O4/c1-2-3-13-10-19(27)21(20(28)11-13)22(34)36-15-6-4-14(5-7-15)17-9-8-16(12-18(17)26)37-23(35)24(29,30)25(31,32)33/h4-12H,2-3H2,1H3. The molecule has 0 heterocycles. The summed E-state index contributed by atoms with van der Waals surface area (Å²) < 4.78 is 115. The molecule has 0 radical (unpaired) electrons. The number of alkyl halides is 5. The summed E-state index contributed by atoms with van der Waals surface area (Å²) in [6, 6.07) is 9.06. The Bertz CT molecular complexity index is 1290. The average Bonchev–Trinajstić information content (AvgIpc) is 2.79. The van der Waals surface area contributed by atoms with E-state index in [1.807, 2.05) is 6.92 Å². The number of aryl methyl sites for hydroxylation is 1. The van der Waals surface area contributed by atoms with E-state index in [-0.39, 0.29) is 16.9 Å². The van der Waals surface area contributed by atoms with Gasteiger partial charge in [0.2, 0.25) is 0 Å². The molecular weight excluding hydrogens is 516 g/mol. The number of rotatable bonds is 7. The smallest absolute Gasteiger partial charge is 0.423 e. The van der Waals surface area contributed by atoms with Crippen molar-refractivity contribution in [3.63, 3.8) is 0 Å². The largest absolute Gasteiger partial charge is 0.465 e. The van der Waals surface area contributed by atoms with Crippen LogP contribution in [0.25, 0.3) is 11.1 Å². The number of benzene rings is 3. The quantitative estimate of drug-likeness (QED) is 0.186. The summed E-state index contributed by atoms with van der Waals surface area (Å²) in [6.07, 6.45) is -5.15. The first-order valence-corrected chi connectivity index (χ1v) is 10.5. The Balaban J connectivity index is 1.74. The number of hydrogen-bond acceptors (Lipinski definition) is 4. The van der Waals surface area contributed by atoms with E-state index >= 15 is 0 Å². The Morgan fingerprint density at radius 3 is 1.84 bits per heavy atom. The van der Waals surface area contributed by atoms with Crippen LogP contribution in [-0.2, 0) is 11.2 Å². The van der Waals surface area contributed by atoms with E-state index in [1.165, 1.54) is 24.3 Å². The third-order valence-corrected chi connectivity index (χ3v) is 4.98. The molecule has 0 unspecified atom stereocenters. The fraction of sp³-hybridized carbons (Fsp3) is 0.200. The van der Waals surface area contributed by atoms with Gasteiger partial charge in [0.1, 0.15) is 34.5 Å². The second-order valence-corrected chi connectivity index (χ2v) is 7.70. The molecule has 0 N–H and O–H groups in total. The maximum Gasteiger partial charge on any atom is 0.465 e. The van der Waals surface area contributed by atoms with Crippen LogP contribution in [0, 0.1) is 17.5 Å². The van der Waals surface area contributed by atoms with E-state index in [9.17, 15) is 44.7 Å². The second kappa shape index (κ2) is 10.6. The molecule has 0 aromatic heterocycles. The number of ether oxygens (including phenoxy) is 2. The molecule has 196 valence electrons. The van der Waals surface area contributed by atoms with Gasteiger partial charge in [-0.25, -0.2) is 22.8 Å². The summed E-state index contributed by atoms with van der Waals surface area (Å²) in [5, 5.41) is 0. The van der Waals surface area contributed by atoms with Crippen molar-refractivity contribution in [2.45, 2.75) is 31.9 Å². The van der Waals surface area contributed by atoms with Crippen molar-refractivity contribution in [3.8, 4) is 22.6 Å². The van der Waals surface area contributed by atoms with Crippen LogP contribution in [0.1, 0.15) is 29.3 Å². The van der Waals surface area contributed by atoms with Crippen molar-refractivity contribution >= 4 is 11.9 Å². The summed E-state index contributed by atoms with van der Waals surface area (Å²) in [5.74, 6) is -14.4. The van der Waals surface area contributed by atoms with Crippen molar-refractivity contribution in [2.75, 3.05) is 0 Å². The van der Waals surface area contributed by atoms with E-state index in [4.69, 9.17) is 4.74 Å². The molecule has 37 heavy (non-hydrogen) atoms. The normalized spacial score (nSPS) is 11.8.